The summed E-state index contributed by atoms with van der Waals surface area (Å²) in [6, 6.07) is 14.8. The normalized spacial score (nSPS) is 13.9. The first-order valence-electron chi connectivity index (χ1n) is 10.7. The van der Waals surface area contributed by atoms with Gasteiger partial charge in [0.15, 0.2) is 0 Å². The van der Waals surface area contributed by atoms with Gasteiger partial charge in [-0.1, -0.05) is 58.9 Å². The highest BCUT2D eigenvalue weighted by molar-refractivity contribution is 5.31. The molecule has 166 valence electrons. The lowest BCUT2D eigenvalue weighted by molar-refractivity contribution is -0.906. The van der Waals surface area contributed by atoms with E-state index >= 15 is 0 Å². The van der Waals surface area contributed by atoms with E-state index in [2.05, 4.69) is 60.8 Å². The number of benzene rings is 2. The first-order chi connectivity index (χ1) is 13.8. The van der Waals surface area contributed by atoms with Gasteiger partial charge in [0.2, 0.25) is 0 Å². The van der Waals surface area contributed by atoms with Crippen LogP contribution < -0.4 is 4.74 Å². The van der Waals surface area contributed by atoms with Crippen LogP contribution in [0.15, 0.2) is 48.5 Å². The van der Waals surface area contributed by atoms with Gasteiger partial charge in [-0.3, -0.25) is 0 Å². The lowest BCUT2D eigenvalue weighted by Gasteiger charge is -2.33. The first-order valence-corrected chi connectivity index (χ1v) is 10.7. The third-order valence-corrected chi connectivity index (χ3v) is 5.28. The second-order valence-electron chi connectivity index (χ2n) is 11.0. The Kier molecular flexibility index (Phi) is 7.70. The van der Waals surface area contributed by atoms with E-state index in [4.69, 9.17) is 4.74 Å². The molecule has 1 atom stereocenters. The number of aliphatic hydroxyl groups is 1. The monoisotopic (exact) mass is 416 g/mol. The van der Waals surface area contributed by atoms with E-state index in [1.807, 2.05) is 12.1 Å². The van der Waals surface area contributed by atoms with Crippen LogP contribution in [0.4, 0.5) is 4.39 Å². The summed E-state index contributed by atoms with van der Waals surface area (Å²) in [5, 5.41) is 10.5. The summed E-state index contributed by atoms with van der Waals surface area (Å²) in [6.45, 7) is 12.9. The molecule has 0 fully saturated rings. The third kappa shape index (κ3) is 8.08. The van der Waals surface area contributed by atoms with Crippen molar-refractivity contribution in [2.75, 3.05) is 27.2 Å². The topological polar surface area (TPSA) is 29.5 Å². The zero-order valence-corrected chi connectivity index (χ0v) is 19.7. The number of nitrogens with zero attached hydrogens (tertiary/aromatic N) is 1. The van der Waals surface area contributed by atoms with Crippen molar-refractivity contribution in [3.8, 4) is 5.75 Å². The van der Waals surface area contributed by atoms with Crippen LogP contribution in [0.2, 0.25) is 0 Å². The van der Waals surface area contributed by atoms with E-state index in [-0.39, 0.29) is 23.3 Å². The fourth-order valence-corrected chi connectivity index (χ4v) is 4.39. The van der Waals surface area contributed by atoms with Crippen molar-refractivity contribution in [1.29, 1.82) is 0 Å². The standard InChI is InChI=1S/C26H39FNO2/c1-25(2,3)19-26(4,5)21-10-14-24(15-11-21)30-18-23(29)17-28(6,7)16-20-8-12-22(27)13-9-20/h8-15,23,29H,16-19H2,1-7H3/q+1/t23-/m1/s1. The molecule has 0 aliphatic carbocycles. The van der Waals surface area contributed by atoms with Crippen LogP contribution in [-0.4, -0.2) is 42.9 Å². The summed E-state index contributed by atoms with van der Waals surface area (Å²) >= 11 is 0. The van der Waals surface area contributed by atoms with Gasteiger partial charge in [0.1, 0.15) is 37.4 Å². The molecular formula is C26H39FNO2+. The second kappa shape index (κ2) is 9.49. The summed E-state index contributed by atoms with van der Waals surface area (Å²) in [7, 11) is 4.11. The molecule has 0 aliphatic heterocycles. The molecule has 0 heterocycles. The zero-order chi connectivity index (χ0) is 22.6. The Morgan fingerprint density at radius 2 is 1.50 bits per heavy atom. The largest absolute Gasteiger partial charge is 0.491 e. The Bertz CT molecular complexity index is 789. The maximum Gasteiger partial charge on any atom is 0.137 e. The number of likely N-dealkylation sites (N-methyl/N-ethyl adjacent to an activating group) is 1. The molecule has 0 saturated heterocycles. The van der Waals surface area contributed by atoms with E-state index in [1.165, 1.54) is 17.7 Å². The fourth-order valence-electron chi connectivity index (χ4n) is 4.39. The van der Waals surface area contributed by atoms with Gasteiger partial charge in [-0.2, -0.15) is 0 Å². The van der Waals surface area contributed by atoms with Crippen molar-refractivity contribution < 1.29 is 18.7 Å². The van der Waals surface area contributed by atoms with Gasteiger partial charge in [-0.15, -0.1) is 0 Å². The SMILES string of the molecule is CC(C)(C)CC(C)(C)c1ccc(OC[C@H](O)C[N+](C)(C)Cc2ccc(F)cc2)cc1. The fraction of sp³-hybridized carbons (Fsp3) is 0.538. The zero-order valence-electron chi connectivity index (χ0n) is 19.7. The minimum Gasteiger partial charge on any atom is -0.491 e. The van der Waals surface area contributed by atoms with Crippen molar-refractivity contribution in [2.45, 2.75) is 59.1 Å². The maximum absolute atomic E-state index is 13.1. The first kappa shape index (κ1) is 24.4. The molecule has 0 spiro atoms. The van der Waals surface area contributed by atoms with Gasteiger partial charge in [0, 0.05) is 5.56 Å². The van der Waals surface area contributed by atoms with Gasteiger partial charge < -0.3 is 14.3 Å². The molecule has 0 unspecified atom stereocenters. The molecule has 0 bridgehead atoms. The Balaban J connectivity index is 1.88. The summed E-state index contributed by atoms with van der Waals surface area (Å²) in [5.74, 6) is 0.540. The average molecular weight is 417 g/mol. The molecule has 1 N–H and O–H groups in total. The van der Waals surface area contributed by atoms with Crippen molar-refractivity contribution in [3.05, 3.63) is 65.5 Å². The van der Waals surface area contributed by atoms with Gasteiger partial charge in [0.05, 0.1) is 14.1 Å². The molecule has 0 aromatic heterocycles. The number of halogens is 1. The van der Waals surface area contributed by atoms with Gasteiger partial charge in [0.25, 0.3) is 0 Å². The molecule has 3 nitrogen and oxygen atoms in total. The van der Waals surface area contributed by atoms with E-state index < -0.39 is 6.10 Å². The summed E-state index contributed by atoms with van der Waals surface area (Å²) < 4.78 is 19.5. The number of quaternary nitrogens is 1. The highest BCUT2D eigenvalue weighted by Gasteiger charge is 2.27. The Morgan fingerprint density at radius 3 is 2.03 bits per heavy atom. The van der Waals surface area contributed by atoms with Gasteiger partial charge in [-0.25, -0.2) is 4.39 Å². The summed E-state index contributed by atoms with van der Waals surface area (Å²) in [4.78, 5) is 0. The van der Waals surface area contributed by atoms with Crippen LogP contribution in [0.5, 0.6) is 5.75 Å². The van der Waals surface area contributed by atoms with E-state index in [0.29, 0.717) is 11.0 Å². The Morgan fingerprint density at radius 1 is 0.933 bits per heavy atom. The van der Waals surface area contributed by atoms with E-state index in [9.17, 15) is 9.50 Å². The Hall–Kier alpha value is -1.91. The quantitative estimate of drug-likeness (QED) is 0.543. The maximum atomic E-state index is 13.1. The number of aliphatic hydroxyl groups excluding tert-OH is 1. The summed E-state index contributed by atoms with van der Waals surface area (Å²) in [6.07, 6.45) is 0.512. The molecule has 30 heavy (non-hydrogen) atoms. The number of hydrogen-bond acceptors (Lipinski definition) is 2. The minimum absolute atomic E-state index is 0.0954. The Labute approximate surface area is 182 Å². The van der Waals surface area contributed by atoms with Crippen LogP contribution in [-0.2, 0) is 12.0 Å². The third-order valence-electron chi connectivity index (χ3n) is 5.28. The van der Waals surface area contributed by atoms with Crippen molar-refractivity contribution in [2.24, 2.45) is 5.41 Å². The molecule has 0 saturated carbocycles. The van der Waals surface area contributed by atoms with Crippen molar-refractivity contribution in [3.63, 3.8) is 0 Å². The molecule has 4 heteroatoms. The highest BCUT2D eigenvalue weighted by Crippen LogP contribution is 2.36. The minimum atomic E-state index is -0.586. The van der Waals surface area contributed by atoms with Crippen LogP contribution in [0.25, 0.3) is 0 Å². The van der Waals surface area contributed by atoms with Crippen molar-refractivity contribution >= 4 is 0 Å². The summed E-state index contributed by atoms with van der Waals surface area (Å²) in [5.41, 5.74) is 2.70. The second-order valence-corrected chi connectivity index (χ2v) is 11.0. The van der Waals surface area contributed by atoms with Crippen LogP contribution in [0, 0.1) is 11.2 Å². The van der Waals surface area contributed by atoms with E-state index in [1.54, 1.807) is 12.1 Å². The van der Waals surface area contributed by atoms with Crippen LogP contribution in [0.3, 0.4) is 0 Å². The highest BCUT2D eigenvalue weighted by atomic mass is 19.1. The van der Waals surface area contributed by atoms with Crippen molar-refractivity contribution in [1.82, 2.24) is 0 Å². The smallest absolute Gasteiger partial charge is 0.137 e. The van der Waals surface area contributed by atoms with Crippen LogP contribution in [0.1, 0.15) is 52.2 Å². The lowest BCUT2D eigenvalue weighted by atomic mass is 9.72. The molecule has 2 rings (SSSR count). The van der Waals surface area contributed by atoms with Gasteiger partial charge in [-0.05, 0) is 47.1 Å². The van der Waals surface area contributed by atoms with Gasteiger partial charge >= 0.3 is 0 Å². The predicted molar refractivity (Wildman–Crippen MR) is 122 cm³/mol. The number of ether oxygens (including phenoxy) is 1. The molecule has 0 radical (unpaired) electrons. The molecule has 0 amide bonds. The molecule has 2 aromatic carbocycles. The molecule has 2 aromatic rings. The number of rotatable bonds is 9. The molecule has 0 aliphatic rings. The predicted octanol–water partition coefficient (Wildman–Crippen LogP) is 5.56. The average Bonchev–Trinajstić information content (AvgIpc) is 2.60. The lowest BCUT2D eigenvalue weighted by Crippen LogP contribution is -2.46. The van der Waals surface area contributed by atoms with E-state index in [0.717, 1.165) is 24.3 Å². The van der Waals surface area contributed by atoms with Crippen LogP contribution >= 0.6 is 0 Å². The molecular weight excluding hydrogens is 377 g/mol. The number of hydrogen-bond donors (Lipinski definition) is 1.